The molecule has 0 N–H and O–H groups in total. The van der Waals surface area contributed by atoms with E-state index >= 15 is 0 Å². The third-order valence-corrected chi connectivity index (χ3v) is 4.73. The Morgan fingerprint density at radius 2 is 2.04 bits per heavy atom. The number of carbonyl (C=O) groups is 1. The summed E-state index contributed by atoms with van der Waals surface area (Å²) in [6.45, 7) is 4.66. The van der Waals surface area contributed by atoms with Crippen LogP contribution < -0.4 is 0 Å². The normalized spacial score (nSPS) is 11.8. The van der Waals surface area contributed by atoms with Gasteiger partial charge < -0.3 is 4.90 Å². The number of nitrogens with zero attached hydrogens (tertiary/aromatic N) is 5. The molecule has 25 heavy (non-hydrogen) atoms. The van der Waals surface area contributed by atoms with E-state index in [9.17, 15) is 18.0 Å². The molecule has 0 aromatic carbocycles. The third kappa shape index (κ3) is 4.62. The SMILES string of the molecule is CCn1ccc(CN(C)C(=O)CCn2nc(C(F)(F)F)c(Br)c2C)n1. The minimum Gasteiger partial charge on any atom is -0.340 e. The molecule has 2 heterocycles. The highest BCUT2D eigenvalue weighted by molar-refractivity contribution is 9.10. The van der Waals surface area contributed by atoms with E-state index < -0.39 is 11.9 Å². The summed E-state index contributed by atoms with van der Waals surface area (Å²) < 4.78 is 41.4. The molecule has 0 saturated carbocycles. The lowest BCUT2D eigenvalue weighted by Gasteiger charge is -2.16. The van der Waals surface area contributed by atoms with Gasteiger partial charge in [-0.05, 0) is 35.8 Å². The van der Waals surface area contributed by atoms with Crippen LogP contribution in [0.3, 0.4) is 0 Å². The standard InChI is InChI=1S/C15H19BrF3N5O/c1-4-23-7-5-11(20-23)9-22(3)12(25)6-8-24-10(2)13(16)14(21-24)15(17,18)19/h5,7H,4,6,8-9H2,1-3H3. The van der Waals surface area contributed by atoms with Crippen molar-refractivity contribution in [1.29, 1.82) is 0 Å². The Bertz CT molecular complexity index is 753. The van der Waals surface area contributed by atoms with E-state index in [1.807, 2.05) is 19.2 Å². The average molecular weight is 422 g/mol. The summed E-state index contributed by atoms with van der Waals surface area (Å²) in [6, 6.07) is 1.83. The van der Waals surface area contributed by atoms with E-state index in [1.54, 1.807) is 11.7 Å². The number of alkyl halides is 3. The van der Waals surface area contributed by atoms with Gasteiger partial charge in [-0.1, -0.05) is 0 Å². The van der Waals surface area contributed by atoms with Gasteiger partial charge in [-0.3, -0.25) is 14.2 Å². The van der Waals surface area contributed by atoms with Gasteiger partial charge in [0.2, 0.25) is 5.91 Å². The molecular formula is C15H19BrF3N5O. The number of carbonyl (C=O) groups excluding carboxylic acids is 1. The Balaban J connectivity index is 1.97. The molecule has 0 radical (unpaired) electrons. The van der Waals surface area contributed by atoms with Gasteiger partial charge in [0, 0.05) is 26.2 Å². The maximum atomic E-state index is 12.9. The van der Waals surface area contributed by atoms with Crippen molar-refractivity contribution < 1.29 is 18.0 Å². The molecular weight excluding hydrogens is 403 g/mol. The van der Waals surface area contributed by atoms with Gasteiger partial charge in [-0.25, -0.2) is 0 Å². The highest BCUT2D eigenvalue weighted by atomic mass is 79.9. The first-order valence-corrected chi connectivity index (χ1v) is 8.49. The van der Waals surface area contributed by atoms with E-state index in [-0.39, 0.29) is 23.3 Å². The third-order valence-electron chi connectivity index (χ3n) is 3.78. The van der Waals surface area contributed by atoms with Crippen LogP contribution in [-0.4, -0.2) is 37.4 Å². The van der Waals surface area contributed by atoms with Crippen LogP contribution >= 0.6 is 15.9 Å². The molecule has 0 fully saturated rings. The monoisotopic (exact) mass is 421 g/mol. The van der Waals surface area contributed by atoms with Crippen LogP contribution in [0.15, 0.2) is 16.7 Å². The lowest BCUT2D eigenvalue weighted by atomic mass is 10.3. The zero-order chi connectivity index (χ0) is 18.8. The van der Waals surface area contributed by atoms with Gasteiger partial charge in [0.25, 0.3) is 0 Å². The minimum absolute atomic E-state index is 0.0528. The van der Waals surface area contributed by atoms with Crippen LogP contribution in [0.1, 0.15) is 30.4 Å². The highest BCUT2D eigenvalue weighted by Crippen LogP contribution is 2.35. The number of hydrogen-bond acceptors (Lipinski definition) is 3. The van der Waals surface area contributed by atoms with Gasteiger partial charge >= 0.3 is 6.18 Å². The van der Waals surface area contributed by atoms with Crippen molar-refractivity contribution in [3.63, 3.8) is 0 Å². The summed E-state index contributed by atoms with van der Waals surface area (Å²) in [6.07, 6.45) is -2.65. The summed E-state index contributed by atoms with van der Waals surface area (Å²) in [5.41, 5.74) is 0.121. The smallest absolute Gasteiger partial charge is 0.340 e. The highest BCUT2D eigenvalue weighted by Gasteiger charge is 2.37. The second-order valence-electron chi connectivity index (χ2n) is 5.63. The lowest BCUT2D eigenvalue weighted by Crippen LogP contribution is -2.27. The molecule has 2 aromatic rings. The largest absolute Gasteiger partial charge is 0.436 e. The van der Waals surface area contributed by atoms with E-state index in [2.05, 4.69) is 26.1 Å². The molecule has 0 unspecified atom stereocenters. The second kappa shape index (κ2) is 7.59. The molecule has 2 aromatic heterocycles. The van der Waals surface area contributed by atoms with Crippen molar-refractivity contribution in [2.75, 3.05) is 7.05 Å². The zero-order valence-electron chi connectivity index (χ0n) is 14.1. The molecule has 0 bridgehead atoms. The fourth-order valence-corrected chi connectivity index (χ4v) is 2.82. The van der Waals surface area contributed by atoms with Crippen LogP contribution in [0, 0.1) is 6.92 Å². The van der Waals surface area contributed by atoms with Crippen molar-refractivity contribution in [2.45, 2.75) is 46.1 Å². The number of aromatic nitrogens is 4. The van der Waals surface area contributed by atoms with Crippen molar-refractivity contribution in [3.8, 4) is 0 Å². The Labute approximate surface area is 151 Å². The van der Waals surface area contributed by atoms with E-state index in [0.717, 1.165) is 12.2 Å². The first-order valence-electron chi connectivity index (χ1n) is 7.69. The summed E-state index contributed by atoms with van der Waals surface area (Å²) in [7, 11) is 1.64. The van der Waals surface area contributed by atoms with E-state index in [1.165, 1.54) is 16.5 Å². The van der Waals surface area contributed by atoms with Crippen LogP contribution in [0.2, 0.25) is 0 Å². The van der Waals surface area contributed by atoms with Crippen molar-refractivity contribution in [2.24, 2.45) is 0 Å². The quantitative estimate of drug-likeness (QED) is 0.719. The predicted octanol–water partition coefficient (Wildman–Crippen LogP) is 3.24. The minimum atomic E-state index is -4.53. The Hall–Kier alpha value is -1.84. The molecule has 138 valence electrons. The van der Waals surface area contributed by atoms with Crippen molar-refractivity contribution in [1.82, 2.24) is 24.5 Å². The number of amides is 1. The Morgan fingerprint density at radius 1 is 1.36 bits per heavy atom. The Kier molecular flexibility index (Phi) is 5.91. The fraction of sp³-hybridized carbons (Fsp3) is 0.533. The lowest BCUT2D eigenvalue weighted by molar-refractivity contribution is -0.142. The zero-order valence-corrected chi connectivity index (χ0v) is 15.7. The first-order chi connectivity index (χ1) is 11.6. The summed E-state index contributed by atoms with van der Waals surface area (Å²) in [5, 5.41) is 7.87. The number of hydrogen-bond donors (Lipinski definition) is 0. The molecule has 6 nitrogen and oxygen atoms in total. The van der Waals surface area contributed by atoms with Gasteiger partial charge in [0.15, 0.2) is 5.69 Å². The van der Waals surface area contributed by atoms with Gasteiger partial charge in [0.05, 0.1) is 29.0 Å². The Morgan fingerprint density at radius 3 is 2.56 bits per heavy atom. The summed E-state index contributed by atoms with van der Waals surface area (Å²) >= 11 is 2.92. The summed E-state index contributed by atoms with van der Waals surface area (Å²) in [4.78, 5) is 13.7. The van der Waals surface area contributed by atoms with E-state index in [4.69, 9.17) is 0 Å². The van der Waals surface area contributed by atoms with Crippen LogP contribution in [-0.2, 0) is 30.6 Å². The molecule has 0 saturated heterocycles. The molecule has 0 spiro atoms. The molecule has 0 aliphatic heterocycles. The second-order valence-corrected chi connectivity index (χ2v) is 6.42. The molecule has 0 aliphatic carbocycles. The number of rotatable bonds is 6. The maximum Gasteiger partial charge on any atom is 0.436 e. The first kappa shape index (κ1) is 19.5. The molecule has 0 aliphatic rings. The van der Waals surface area contributed by atoms with Crippen LogP contribution in [0.5, 0.6) is 0 Å². The maximum absolute atomic E-state index is 12.9. The average Bonchev–Trinajstić information content (AvgIpc) is 3.10. The topological polar surface area (TPSA) is 56.0 Å². The molecule has 0 atom stereocenters. The molecule has 10 heteroatoms. The van der Waals surface area contributed by atoms with Crippen molar-refractivity contribution in [3.05, 3.63) is 33.8 Å². The van der Waals surface area contributed by atoms with Gasteiger partial charge in [-0.2, -0.15) is 23.4 Å². The fourth-order valence-electron chi connectivity index (χ4n) is 2.31. The van der Waals surface area contributed by atoms with Gasteiger partial charge in [-0.15, -0.1) is 0 Å². The predicted molar refractivity (Wildman–Crippen MR) is 88.7 cm³/mol. The van der Waals surface area contributed by atoms with E-state index in [0.29, 0.717) is 12.2 Å². The molecule has 1 amide bonds. The number of halogens is 4. The number of aryl methyl sites for hydroxylation is 2. The van der Waals surface area contributed by atoms with Crippen LogP contribution in [0.25, 0.3) is 0 Å². The van der Waals surface area contributed by atoms with Crippen molar-refractivity contribution >= 4 is 21.8 Å². The summed E-state index contributed by atoms with van der Waals surface area (Å²) in [5.74, 6) is -0.189. The molecule has 2 rings (SSSR count). The van der Waals surface area contributed by atoms with Crippen LogP contribution in [0.4, 0.5) is 13.2 Å². The van der Waals surface area contributed by atoms with Gasteiger partial charge in [0.1, 0.15) is 0 Å².